The predicted molar refractivity (Wildman–Crippen MR) is 79.1 cm³/mol. The van der Waals surface area contributed by atoms with Crippen molar-refractivity contribution < 1.29 is 13.6 Å². The summed E-state index contributed by atoms with van der Waals surface area (Å²) in [5.74, 6) is -0.0238. The van der Waals surface area contributed by atoms with Crippen molar-refractivity contribution in [3.63, 3.8) is 0 Å². The third-order valence-electron chi connectivity index (χ3n) is 3.71. The summed E-state index contributed by atoms with van der Waals surface area (Å²) in [6.07, 6.45) is -1.82. The number of nitrogens with one attached hydrogen (secondary N) is 1. The molecule has 1 atom stereocenters. The van der Waals surface area contributed by atoms with E-state index < -0.39 is 18.0 Å². The van der Waals surface area contributed by atoms with Crippen LogP contribution >= 0.6 is 11.3 Å². The van der Waals surface area contributed by atoms with Gasteiger partial charge in [-0.3, -0.25) is 14.2 Å². The summed E-state index contributed by atoms with van der Waals surface area (Å²) in [6.45, 7) is 5.28. The number of halogens is 2. The van der Waals surface area contributed by atoms with E-state index in [0.29, 0.717) is 24.4 Å². The molecule has 2 aromatic rings. The highest BCUT2D eigenvalue weighted by Crippen LogP contribution is 2.31. The summed E-state index contributed by atoms with van der Waals surface area (Å²) >= 11 is 1.01. The molecule has 0 radical (unpaired) electrons. The molecule has 5 nitrogen and oxygen atoms in total. The number of rotatable bonds is 2. The van der Waals surface area contributed by atoms with E-state index in [4.69, 9.17) is 0 Å². The lowest BCUT2D eigenvalue weighted by molar-refractivity contribution is -0.124. The Hall–Kier alpha value is -2.09. The van der Waals surface area contributed by atoms with Gasteiger partial charge in [-0.2, -0.15) is 0 Å². The maximum Gasteiger partial charge on any atom is 0.265 e. The molecule has 22 heavy (non-hydrogen) atoms. The molecule has 3 heterocycles. The van der Waals surface area contributed by atoms with Gasteiger partial charge in [-0.05, 0) is 19.8 Å². The Labute approximate surface area is 128 Å². The highest BCUT2D eigenvalue weighted by atomic mass is 32.1. The number of hydrogen-bond donors (Lipinski definition) is 1. The first kappa shape index (κ1) is 14.8. The Morgan fingerprint density at radius 1 is 1.50 bits per heavy atom. The summed E-state index contributed by atoms with van der Waals surface area (Å²) < 4.78 is 27.3. The van der Waals surface area contributed by atoms with E-state index in [2.05, 4.69) is 16.9 Å². The van der Waals surface area contributed by atoms with Crippen LogP contribution < -0.4 is 10.9 Å². The SMILES string of the molecule is C=C1CCC(n2c(C)nc3scc(C(F)F)c3c2=O)C(=O)N1. The zero-order valence-corrected chi connectivity index (χ0v) is 12.5. The number of allylic oxidation sites excluding steroid dienone is 1. The largest absolute Gasteiger partial charge is 0.329 e. The first-order valence-electron chi connectivity index (χ1n) is 6.67. The lowest BCUT2D eigenvalue weighted by Crippen LogP contribution is -2.41. The molecule has 1 N–H and O–H groups in total. The molecular formula is C14H13F2N3O2S. The van der Waals surface area contributed by atoms with Crippen molar-refractivity contribution in [3.8, 4) is 0 Å². The molecule has 1 aliphatic heterocycles. The number of amides is 1. The highest BCUT2D eigenvalue weighted by Gasteiger charge is 2.29. The van der Waals surface area contributed by atoms with Crippen LogP contribution in [0.2, 0.25) is 0 Å². The van der Waals surface area contributed by atoms with E-state index in [0.717, 1.165) is 11.3 Å². The van der Waals surface area contributed by atoms with Crippen molar-refractivity contribution in [2.45, 2.75) is 32.2 Å². The minimum absolute atomic E-state index is 0.0946. The monoisotopic (exact) mass is 325 g/mol. The van der Waals surface area contributed by atoms with Crippen molar-refractivity contribution in [3.05, 3.63) is 39.4 Å². The number of hydrogen-bond acceptors (Lipinski definition) is 4. The average Bonchev–Trinajstić information content (AvgIpc) is 2.85. The molecule has 1 saturated heterocycles. The zero-order chi connectivity index (χ0) is 16.0. The minimum Gasteiger partial charge on any atom is -0.329 e. The Kier molecular flexibility index (Phi) is 3.56. The van der Waals surface area contributed by atoms with Gasteiger partial charge in [0.2, 0.25) is 5.91 Å². The van der Waals surface area contributed by atoms with E-state index in [1.165, 1.54) is 9.95 Å². The third-order valence-corrected chi connectivity index (χ3v) is 4.60. The van der Waals surface area contributed by atoms with E-state index >= 15 is 0 Å². The van der Waals surface area contributed by atoms with Gasteiger partial charge in [-0.1, -0.05) is 6.58 Å². The van der Waals surface area contributed by atoms with E-state index in [1.54, 1.807) is 6.92 Å². The van der Waals surface area contributed by atoms with Gasteiger partial charge in [-0.25, -0.2) is 13.8 Å². The van der Waals surface area contributed by atoms with E-state index in [1.807, 2.05) is 0 Å². The molecule has 0 spiro atoms. The second-order valence-corrected chi connectivity index (χ2v) is 6.01. The van der Waals surface area contributed by atoms with Gasteiger partial charge in [0.25, 0.3) is 12.0 Å². The molecule has 0 aromatic carbocycles. The van der Waals surface area contributed by atoms with Crippen LogP contribution in [0.15, 0.2) is 22.5 Å². The van der Waals surface area contributed by atoms with Gasteiger partial charge in [0, 0.05) is 16.6 Å². The molecule has 1 amide bonds. The summed E-state index contributed by atoms with van der Waals surface area (Å²) in [6, 6.07) is -0.750. The van der Waals surface area contributed by atoms with Gasteiger partial charge in [0.1, 0.15) is 16.7 Å². The molecule has 0 saturated carbocycles. The molecule has 0 aliphatic carbocycles. The van der Waals surface area contributed by atoms with Crippen LogP contribution in [0.4, 0.5) is 8.78 Å². The smallest absolute Gasteiger partial charge is 0.265 e. The number of piperidine rings is 1. The standard InChI is InChI=1S/C14H13F2N3O2S/c1-6-3-4-9(12(20)17-6)19-7(2)18-13-10(14(19)21)8(5-22-13)11(15)16/h5,9,11H,1,3-4H2,2H3,(H,17,20). The Balaban J connectivity index is 2.21. The first-order chi connectivity index (χ1) is 10.4. The second-order valence-electron chi connectivity index (χ2n) is 5.15. The predicted octanol–water partition coefficient (Wildman–Crippen LogP) is 2.67. The van der Waals surface area contributed by atoms with Gasteiger partial charge in [0.05, 0.1) is 5.39 Å². The Morgan fingerprint density at radius 3 is 2.86 bits per heavy atom. The third kappa shape index (κ3) is 2.23. The lowest BCUT2D eigenvalue weighted by atomic mass is 10.0. The van der Waals surface area contributed by atoms with E-state index in [-0.39, 0.29) is 21.7 Å². The van der Waals surface area contributed by atoms with Crippen LogP contribution in [0.5, 0.6) is 0 Å². The number of aryl methyl sites for hydroxylation is 1. The summed E-state index contributed by atoms with van der Waals surface area (Å²) in [4.78, 5) is 29.2. The topological polar surface area (TPSA) is 64.0 Å². The average molecular weight is 325 g/mol. The van der Waals surface area contributed by atoms with Crippen LogP contribution in [0.1, 0.15) is 36.7 Å². The highest BCUT2D eigenvalue weighted by molar-refractivity contribution is 7.16. The fourth-order valence-corrected chi connectivity index (χ4v) is 3.63. The van der Waals surface area contributed by atoms with Crippen LogP contribution in [0.25, 0.3) is 10.2 Å². The first-order valence-corrected chi connectivity index (χ1v) is 7.55. The second kappa shape index (κ2) is 5.28. The molecular weight excluding hydrogens is 312 g/mol. The van der Waals surface area contributed by atoms with Gasteiger partial charge in [-0.15, -0.1) is 11.3 Å². The van der Waals surface area contributed by atoms with Crippen LogP contribution in [0, 0.1) is 6.92 Å². The molecule has 3 rings (SSSR count). The number of nitrogens with zero attached hydrogens (tertiary/aromatic N) is 2. The van der Waals surface area contributed by atoms with Crippen LogP contribution in [-0.2, 0) is 4.79 Å². The fourth-order valence-electron chi connectivity index (χ4n) is 2.66. The zero-order valence-electron chi connectivity index (χ0n) is 11.7. The summed E-state index contributed by atoms with van der Waals surface area (Å²) in [5, 5.41) is 3.75. The minimum atomic E-state index is -2.75. The van der Waals surface area contributed by atoms with Crippen LogP contribution in [0.3, 0.4) is 0 Å². The van der Waals surface area contributed by atoms with Gasteiger partial charge >= 0.3 is 0 Å². The molecule has 1 fully saturated rings. The van der Waals surface area contributed by atoms with Crippen molar-refractivity contribution in [1.82, 2.24) is 14.9 Å². The molecule has 1 unspecified atom stereocenters. The summed E-state index contributed by atoms with van der Waals surface area (Å²) in [5.41, 5.74) is -0.330. The number of aromatic nitrogens is 2. The van der Waals surface area contributed by atoms with Crippen LogP contribution in [-0.4, -0.2) is 15.5 Å². The van der Waals surface area contributed by atoms with Crippen molar-refractivity contribution in [1.29, 1.82) is 0 Å². The maximum absolute atomic E-state index is 13.1. The molecule has 116 valence electrons. The summed E-state index contributed by atoms with van der Waals surface area (Å²) in [7, 11) is 0. The Morgan fingerprint density at radius 2 is 2.23 bits per heavy atom. The molecule has 2 aromatic heterocycles. The normalized spacial score (nSPS) is 19.0. The number of alkyl halides is 2. The number of carbonyl (C=O) groups is 1. The lowest BCUT2D eigenvalue weighted by Gasteiger charge is -2.26. The molecule has 8 heteroatoms. The number of thiophene rings is 1. The van der Waals surface area contributed by atoms with Crippen molar-refractivity contribution in [2.24, 2.45) is 0 Å². The van der Waals surface area contributed by atoms with E-state index in [9.17, 15) is 18.4 Å². The maximum atomic E-state index is 13.1. The van der Waals surface area contributed by atoms with Crippen molar-refractivity contribution >= 4 is 27.5 Å². The van der Waals surface area contributed by atoms with Gasteiger partial charge in [0.15, 0.2) is 0 Å². The van der Waals surface area contributed by atoms with Crippen molar-refractivity contribution in [2.75, 3.05) is 0 Å². The fraction of sp³-hybridized carbons (Fsp3) is 0.357. The number of fused-ring (bicyclic) bond motifs is 1. The quantitative estimate of drug-likeness (QED) is 0.923. The van der Waals surface area contributed by atoms with Gasteiger partial charge < -0.3 is 5.32 Å². The molecule has 1 aliphatic rings. The molecule has 0 bridgehead atoms. The number of carbonyl (C=O) groups excluding carboxylic acids is 1. The Bertz CT molecular complexity index is 840.